The summed E-state index contributed by atoms with van der Waals surface area (Å²) in [5.74, 6) is -2.28. The SMILES string of the molecule is C=CCOC(=O)N1CC(C(N)=O)(C(=O)O)C1. The number of carboxylic acids is 1. The molecule has 7 nitrogen and oxygen atoms in total. The molecule has 0 aliphatic carbocycles. The van der Waals surface area contributed by atoms with Gasteiger partial charge in [0.15, 0.2) is 5.41 Å². The molecule has 0 aromatic rings. The van der Waals surface area contributed by atoms with Crippen LogP contribution in [0.25, 0.3) is 0 Å². The maximum absolute atomic E-state index is 11.2. The van der Waals surface area contributed by atoms with Crippen LogP contribution in [0.15, 0.2) is 12.7 Å². The van der Waals surface area contributed by atoms with E-state index in [4.69, 9.17) is 10.8 Å². The van der Waals surface area contributed by atoms with Gasteiger partial charge in [0.1, 0.15) is 6.61 Å². The minimum Gasteiger partial charge on any atom is -0.480 e. The van der Waals surface area contributed by atoms with Gasteiger partial charge in [-0.2, -0.15) is 0 Å². The molecule has 1 saturated heterocycles. The van der Waals surface area contributed by atoms with Crippen molar-refractivity contribution in [3.8, 4) is 0 Å². The zero-order valence-corrected chi connectivity index (χ0v) is 8.51. The van der Waals surface area contributed by atoms with E-state index in [1.807, 2.05) is 0 Å². The zero-order chi connectivity index (χ0) is 12.3. The lowest BCUT2D eigenvalue weighted by molar-refractivity contribution is -0.164. The summed E-state index contributed by atoms with van der Waals surface area (Å²) < 4.78 is 4.67. The van der Waals surface area contributed by atoms with Gasteiger partial charge in [0.2, 0.25) is 5.91 Å². The zero-order valence-electron chi connectivity index (χ0n) is 8.51. The highest BCUT2D eigenvalue weighted by molar-refractivity contribution is 6.03. The third-order valence-corrected chi connectivity index (χ3v) is 2.39. The van der Waals surface area contributed by atoms with Gasteiger partial charge in [0, 0.05) is 0 Å². The Balaban J connectivity index is 2.57. The fourth-order valence-corrected chi connectivity index (χ4v) is 1.35. The number of amides is 2. The normalized spacial score (nSPS) is 17.1. The molecular weight excluding hydrogens is 216 g/mol. The Kier molecular flexibility index (Phi) is 3.17. The van der Waals surface area contributed by atoms with Crippen LogP contribution in [0, 0.1) is 5.41 Å². The van der Waals surface area contributed by atoms with Crippen LogP contribution in [0.2, 0.25) is 0 Å². The minimum atomic E-state index is -1.67. The van der Waals surface area contributed by atoms with Crippen molar-refractivity contribution < 1.29 is 24.2 Å². The first-order chi connectivity index (χ1) is 7.44. The number of primary amides is 1. The number of carboxylic acid groups (broad SMARTS) is 1. The van der Waals surface area contributed by atoms with E-state index in [0.717, 1.165) is 4.90 Å². The van der Waals surface area contributed by atoms with Crippen LogP contribution in [0.4, 0.5) is 4.79 Å². The quantitative estimate of drug-likeness (QED) is 0.482. The van der Waals surface area contributed by atoms with Gasteiger partial charge in [-0.15, -0.1) is 0 Å². The van der Waals surface area contributed by atoms with Gasteiger partial charge in [-0.1, -0.05) is 12.7 Å². The number of rotatable bonds is 4. The predicted octanol–water partition coefficient (Wildman–Crippen LogP) is -0.819. The van der Waals surface area contributed by atoms with Crippen LogP contribution in [0.1, 0.15) is 0 Å². The van der Waals surface area contributed by atoms with E-state index < -0.39 is 23.4 Å². The monoisotopic (exact) mass is 228 g/mol. The first kappa shape index (κ1) is 12.0. The highest BCUT2D eigenvalue weighted by Crippen LogP contribution is 2.30. The van der Waals surface area contributed by atoms with Crippen molar-refractivity contribution in [2.45, 2.75) is 0 Å². The van der Waals surface area contributed by atoms with E-state index in [-0.39, 0.29) is 19.7 Å². The molecule has 1 fully saturated rings. The lowest BCUT2D eigenvalue weighted by Gasteiger charge is -2.43. The molecule has 1 aliphatic rings. The van der Waals surface area contributed by atoms with Gasteiger partial charge in [0.25, 0.3) is 0 Å². The van der Waals surface area contributed by atoms with Gasteiger partial charge in [-0.25, -0.2) is 4.79 Å². The summed E-state index contributed by atoms with van der Waals surface area (Å²) in [5.41, 5.74) is 3.31. The third-order valence-electron chi connectivity index (χ3n) is 2.39. The topological polar surface area (TPSA) is 110 Å². The molecule has 3 N–H and O–H groups in total. The molecular formula is C9H12N2O5. The number of hydrogen-bond acceptors (Lipinski definition) is 4. The lowest BCUT2D eigenvalue weighted by Crippen LogP contribution is -2.67. The highest BCUT2D eigenvalue weighted by Gasteiger charge is 2.56. The minimum absolute atomic E-state index is 0.0337. The molecule has 0 radical (unpaired) electrons. The number of likely N-dealkylation sites (tertiary alicyclic amines) is 1. The summed E-state index contributed by atoms with van der Waals surface area (Å²) in [7, 11) is 0. The van der Waals surface area contributed by atoms with E-state index in [9.17, 15) is 14.4 Å². The number of aliphatic carboxylic acids is 1. The Morgan fingerprint density at radius 2 is 2.06 bits per heavy atom. The van der Waals surface area contributed by atoms with Crippen molar-refractivity contribution >= 4 is 18.0 Å². The van der Waals surface area contributed by atoms with E-state index in [1.165, 1.54) is 6.08 Å². The van der Waals surface area contributed by atoms with Crippen LogP contribution in [0.3, 0.4) is 0 Å². The summed E-state index contributed by atoms with van der Waals surface area (Å²) >= 11 is 0. The number of carbonyl (C=O) groups excluding carboxylic acids is 2. The molecule has 2 amide bonds. The van der Waals surface area contributed by atoms with Gasteiger partial charge >= 0.3 is 12.1 Å². The second kappa shape index (κ2) is 4.21. The molecule has 0 aromatic carbocycles. The third kappa shape index (κ3) is 1.83. The molecule has 1 aliphatic heterocycles. The number of nitrogens with zero attached hydrogens (tertiary/aromatic N) is 1. The number of nitrogens with two attached hydrogens (primary N) is 1. The molecule has 0 spiro atoms. The average Bonchev–Trinajstić information content (AvgIpc) is 2.11. The van der Waals surface area contributed by atoms with E-state index in [0.29, 0.717) is 0 Å². The maximum Gasteiger partial charge on any atom is 0.410 e. The van der Waals surface area contributed by atoms with E-state index >= 15 is 0 Å². The van der Waals surface area contributed by atoms with E-state index in [1.54, 1.807) is 0 Å². The predicted molar refractivity (Wildman–Crippen MR) is 52.4 cm³/mol. The largest absolute Gasteiger partial charge is 0.480 e. The number of ether oxygens (including phenoxy) is 1. The van der Waals surface area contributed by atoms with Gasteiger partial charge in [-0.05, 0) is 0 Å². The van der Waals surface area contributed by atoms with Crippen molar-refractivity contribution in [1.82, 2.24) is 4.90 Å². The standard InChI is InChI=1S/C9H12N2O5/c1-2-3-16-8(15)11-4-9(5-11,6(10)12)7(13)14/h2H,1,3-5H2,(H2,10,12)(H,13,14). The fraction of sp³-hybridized carbons (Fsp3) is 0.444. The van der Waals surface area contributed by atoms with Crippen molar-refractivity contribution in [3.05, 3.63) is 12.7 Å². The Morgan fingerprint density at radius 3 is 2.44 bits per heavy atom. The Morgan fingerprint density at radius 1 is 1.50 bits per heavy atom. The van der Waals surface area contributed by atoms with Crippen molar-refractivity contribution in [2.75, 3.05) is 19.7 Å². The number of hydrogen-bond donors (Lipinski definition) is 2. The fourth-order valence-electron chi connectivity index (χ4n) is 1.35. The Labute approximate surface area is 91.5 Å². The molecule has 0 saturated carbocycles. The lowest BCUT2D eigenvalue weighted by atomic mass is 9.79. The maximum atomic E-state index is 11.2. The second-order valence-corrected chi connectivity index (χ2v) is 3.47. The first-order valence-electron chi connectivity index (χ1n) is 4.50. The van der Waals surface area contributed by atoms with Gasteiger partial charge < -0.3 is 20.5 Å². The van der Waals surface area contributed by atoms with Gasteiger partial charge in [0.05, 0.1) is 13.1 Å². The Hall–Kier alpha value is -2.05. The van der Waals surface area contributed by atoms with Crippen molar-refractivity contribution in [1.29, 1.82) is 0 Å². The van der Waals surface area contributed by atoms with E-state index in [2.05, 4.69) is 11.3 Å². The molecule has 0 bridgehead atoms. The van der Waals surface area contributed by atoms with Crippen molar-refractivity contribution in [2.24, 2.45) is 11.1 Å². The van der Waals surface area contributed by atoms with Crippen LogP contribution < -0.4 is 5.73 Å². The van der Waals surface area contributed by atoms with Gasteiger partial charge in [-0.3, -0.25) is 9.59 Å². The molecule has 0 aromatic heterocycles. The van der Waals surface area contributed by atoms with Crippen LogP contribution in [-0.4, -0.2) is 47.7 Å². The molecule has 0 atom stereocenters. The van der Waals surface area contributed by atoms with Crippen molar-refractivity contribution in [3.63, 3.8) is 0 Å². The molecule has 88 valence electrons. The summed E-state index contributed by atoms with van der Waals surface area (Å²) in [5, 5.41) is 8.83. The molecule has 1 rings (SSSR count). The molecule has 1 heterocycles. The number of carbonyl (C=O) groups is 3. The van der Waals surface area contributed by atoms with Crippen LogP contribution >= 0.6 is 0 Å². The summed E-state index contributed by atoms with van der Waals surface area (Å²) in [6.45, 7) is 2.88. The van der Waals surface area contributed by atoms with Crippen LogP contribution in [0.5, 0.6) is 0 Å². The first-order valence-corrected chi connectivity index (χ1v) is 4.50. The molecule has 0 unspecified atom stereocenters. The molecule has 7 heteroatoms. The molecule has 16 heavy (non-hydrogen) atoms. The summed E-state index contributed by atoms with van der Waals surface area (Å²) in [4.78, 5) is 34.1. The second-order valence-electron chi connectivity index (χ2n) is 3.47. The summed E-state index contributed by atoms with van der Waals surface area (Å²) in [6, 6.07) is 0. The summed E-state index contributed by atoms with van der Waals surface area (Å²) in [6.07, 6.45) is 0.703. The highest BCUT2D eigenvalue weighted by atomic mass is 16.6. The smallest absolute Gasteiger partial charge is 0.410 e. The average molecular weight is 228 g/mol. The Bertz CT molecular complexity index is 330. The van der Waals surface area contributed by atoms with Crippen LogP contribution in [-0.2, 0) is 14.3 Å².